The van der Waals surface area contributed by atoms with Gasteiger partial charge in [-0.2, -0.15) is 5.10 Å². The number of nitrogens with zero attached hydrogens (tertiary/aromatic N) is 1. The van der Waals surface area contributed by atoms with Crippen molar-refractivity contribution in [3.8, 4) is 11.5 Å². The number of aromatic hydroxyl groups is 1. The Labute approximate surface area is 196 Å². The maximum atomic E-state index is 12.8. The van der Waals surface area contributed by atoms with Crippen LogP contribution in [0, 0.1) is 0 Å². The van der Waals surface area contributed by atoms with E-state index in [4.69, 9.17) is 4.74 Å². The molecule has 0 aliphatic heterocycles. The molecule has 7 nitrogen and oxygen atoms in total. The van der Waals surface area contributed by atoms with Crippen molar-refractivity contribution in [1.29, 1.82) is 0 Å². The number of benzene rings is 4. The number of fused-ring (bicyclic) bond motifs is 1. The number of nitrogens with one attached hydrogen (secondary N) is 2. The lowest BCUT2D eigenvalue weighted by Crippen LogP contribution is -2.20. The van der Waals surface area contributed by atoms with Crippen LogP contribution in [-0.4, -0.2) is 29.7 Å². The molecule has 0 spiro atoms. The number of phenolic OH excluding ortho intramolecular Hbond substituents is 1. The molecule has 4 aromatic carbocycles. The van der Waals surface area contributed by atoms with Crippen LogP contribution in [0.4, 0.5) is 5.69 Å². The van der Waals surface area contributed by atoms with Crippen molar-refractivity contribution < 1.29 is 19.4 Å². The monoisotopic (exact) mass is 453 g/mol. The van der Waals surface area contributed by atoms with E-state index in [0.29, 0.717) is 28.1 Å². The minimum absolute atomic E-state index is 0.118. The van der Waals surface area contributed by atoms with Gasteiger partial charge in [0.2, 0.25) is 0 Å². The Hall–Kier alpha value is -4.65. The van der Waals surface area contributed by atoms with Gasteiger partial charge in [-0.25, -0.2) is 5.43 Å². The summed E-state index contributed by atoms with van der Waals surface area (Å²) in [6.45, 7) is 1.74. The lowest BCUT2D eigenvalue weighted by atomic mass is 10.0. The van der Waals surface area contributed by atoms with E-state index < -0.39 is 5.91 Å². The van der Waals surface area contributed by atoms with Crippen molar-refractivity contribution >= 4 is 34.0 Å². The first-order valence-corrected chi connectivity index (χ1v) is 10.6. The number of carbonyl (C=O) groups is 2. The average Bonchev–Trinajstić information content (AvgIpc) is 2.87. The van der Waals surface area contributed by atoms with Crippen LogP contribution in [0.15, 0.2) is 90.0 Å². The first kappa shape index (κ1) is 22.5. The van der Waals surface area contributed by atoms with E-state index in [0.717, 1.165) is 10.9 Å². The van der Waals surface area contributed by atoms with E-state index in [1.807, 2.05) is 18.2 Å². The molecule has 34 heavy (non-hydrogen) atoms. The maximum Gasteiger partial charge on any atom is 0.275 e. The second-order valence-corrected chi connectivity index (χ2v) is 7.58. The molecule has 7 heteroatoms. The SMILES string of the molecule is COc1ccc(C(=O)Nc2cccc(C(C)=NNC(=O)c3c(O)ccc4ccccc34)c2)cc1. The number of ether oxygens (including phenoxy) is 1. The van der Waals surface area contributed by atoms with E-state index in [2.05, 4.69) is 15.8 Å². The van der Waals surface area contributed by atoms with Crippen LogP contribution in [-0.2, 0) is 0 Å². The number of methoxy groups -OCH3 is 1. The molecule has 0 radical (unpaired) electrons. The summed E-state index contributed by atoms with van der Waals surface area (Å²) in [6.07, 6.45) is 0. The second-order valence-electron chi connectivity index (χ2n) is 7.58. The molecule has 0 unspecified atom stereocenters. The summed E-state index contributed by atoms with van der Waals surface area (Å²) in [7, 11) is 1.57. The summed E-state index contributed by atoms with van der Waals surface area (Å²) in [5.74, 6) is -0.219. The zero-order chi connectivity index (χ0) is 24.1. The third kappa shape index (κ3) is 4.88. The smallest absolute Gasteiger partial charge is 0.275 e. The molecule has 3 N–H and O–H groups in total. The Morgan fingerprint density at radius 1 is 0.853 bits per heavy atom. The minimum Gasteiger partial charge on any atom is -0.507 e. The minimum atomic E-state index is -0.516. The van der Waals surface area contributed by atoms with Crippen LogP contribution in [0.1, 0.15) is 33.2 Å². The third-order valence-electron chi connectivity index (χ3n) is 5.35. The number of anilines is 1. The number of rotatable bonds is 6. The second kappa shape index (κ2) is 9.87. The fraction of sp³-hybridized carbons (Fsp3) is 0.0741. The largest absolute Gasteiger partial charge is 0.507 e. The molecule has 170 valence electrons. The van der Waals surface area contributed by atoms with Gasteiger partial charge in [-0.1, -0.05) is 42.5 Å². The molecule has 0 fully saturated rings. The summed E-state index contributed by atoms with van der Waals surface area (Å²) in [5.41, 5.74) is 5.02. The van der Waals surface area contributed by atoms with Gasteiger partial charge in [0.1, 0.15) is 11.5 Å². The van der Waals surface area contributed by atoms with Crippen molar-refractivity contribution in [2.75, 3.05) is 12.4 Å². The molecule has 4 aromatic rings. The van der Waals surface area contributed by atoms with Crippen LogP contribution in [0.25, 0.3) is 10.8 Å². The van der Waals surface area contributed by atoms with Crippen molar-refractivity contribution in [2.45, 2.75) is 6.92 Å². The first-order valence-electron chi connectivity index (χ1n) is 10.6. The summed E-state index contributed by atoms with van der Waals surface area (Å²) >= 11 is 0. The van der Waals surface area contributed by atoms with E-state index in [1.54, 1.807) is 74.7 Å². The highest BCUT2D eigenvalue weighted by Crippen LogP contribution is 2.27. The van der Waals surface area contributed by atoms with Crippen LogP contribution in [0.2, 0.25) is 0 Å². The van der Waals surface area contributed by atoms with Gasteiger partial charge in [0.15, 0.2) is 0 Å². The van der Waals surface area contributed by atoms with Crippen molar-refractivity contribution in [2.24, 2.45) is 5.10 Å². The van der Waals surface area contributed by atoms with E-state index in [-0.39, 0.29) is 17.2 Å². The zero-order valence-corrected chi connectivity index (χ0v) is 18.7. The first-order chi connectivity index (χ1) is 16.5. The van der Waals surface area contributed by atoms with Gasteiger partial charge in [0.05, 0.1) is 18.4 Å². The highest BCUT2D eigenvalue weighted by atomic mass is 16.5. The molecule has 2 amide bonds. The average molecular weight is 453 g/mol. The summed E-state index contributed by atoms with van der Waals surface area (Å²) < 4.78 is 5.12. The maximum absolute atomic E-state index is 12.8. The molecule has 0 aromatic heterocycles. The molecule has 4 rings (SSSR count). The standard InChI is InChI=1S/C27H23N3O4/c1-17(29-30-27(33)25-23-9-4-3-6-18(23)12-15-24(25)31)20-7-5-8-21(16-20)28-26(32)19-10-13-22(34-2)14-11-19/h3-16,31H,1-2H3,(H,28,32)(H,30,33). The van der Waals surface area contributed by atoms with E-state index in [1.165, 1.54) is 6.07 Å². The molecule has 0 aliphatic carbocycles. The molecular formula is C27H23N3O4. The van der Waals surface area contributed by atoms with E-state index in [9.17, 15) is 14.7 Å². The predicted octanol–water partition coefficient (Wildman–Crippen LogP) is 4.96. The Morgan fingerprint density at radius 3 is 2.38 bits per heavy atom. The van der Waals surface area contributed by atoms with Gasteiger partial charge in [0.25, 0.3) is 11.8 Å². The van der Waals surface area contributed by atoms with Gasteiger partial charge in [-0.05, 0) is 65.7 Å². The summed E-state index contributed by atoms with van der Waals surface area (Å²) in [5, 5.41) is 18.8. The summed E-state index contributed by atoms with van der Waals surface area (Å²) in [6, 6.07) is 24.5. The third-order valence-corrected chi connectivity index (χ3v) is 5.35. The number of amides is 2. The van der Waals surface area contributed by atoms with Gasteiger partial charge in [-0.3, -0.25) is 9.59 Å². The van der Waals surface area contributed by atoms with Gasteiger partial charge in [-0.15, -0.1) is 0 Å². The fourth-order valence-corrected chi connectivity index (χ4v) is 3.52. The van der Waals surface area contributed by atoms with Gasteiger partial charge >= 0.3 is 0 Å². The molecule has 0 saturated carbocycles. The number of hydrogen-bond donors (Lipinski definition) is 3. The van der Waals surface area contributed by atoms with Gasteiger partial charge in [0, 0.05) is 11.3 Å². The molecular weight excluding hydrogens is 430 g/mol. The Morgan fingerprint density at radius 2 is 1.62 bits per heavy atom. The predicted molar refractivity (Wildman–Crippen MR) is 133 cm³/mol. The molecule has 0 atom stereocenters. The van der Waals surface area contributed by atoms with E-state index >= 15 is 0 Å². The number of phenols is 1. The van der Waals surface area contributed by atoms with Crippen LogP contribution in [0.5, 0.6) is 11.5 Å². The molecule has 0 heterocycles. The molecule has 0 bridgehead atoms. The van der Waals surface area contributed by atoms with Gasteiger partial charge < -0.3 is 15.2 Å². The number of hydrogen-bond acceptors (Lipinski definition) is 5. The van der Waals surface area contributed by atoms with Crippen molar-refractivity contribution in [3.05, 3.63) is 102 Å². The fourth-order valence-electron chi connectivity index (χ4n) is 3.52. The molecule has 0 aliphatic rings. The lowest BCUT2D eigenvalue weighted by Gasteiger charge is -2.10. The Bertz CT molecular complexity index is 1390. The zero-order valence-electron chi connectivity index (χ0n) is 18.7. The highest BCUT2D eigenvalue weighted by Gasteiger charge is 2.15. The Balaban J connectivity index is 1.49. The normalized spacial score (nSPS) is 11.2. The quantitative estimate of drug-likeness (QED) is 0.284. The van der Waals surface area contributed by atoms with Crippen molar-refractivity contribution in [1.82, 2.24) is 5.43 Å². The summed E-state index contributed by atoms with van der Waals surface area (Å²) in [4.78, 5) is 25.3. The number of carbonyl (C=O) groups excluding carboxylic acids is 2. The van der Waals surface area contributed by atoms with Crippen LogP contribution in [0.3, 0.4) is 0 Å². The van der Waals surface area contributed by atoms with Crippen molar-refractivity contribution in [3.63, 3.8) is 0 Å². The number of hydrazone groups is 1. The molecule has 0 saturated heterocycles. The Kier molecular flexibility index (Phi) is 6.54. The lowest BCUT2D eigenvalue weighted by molar-refractivity contribution is 0.0953. The highest BCUT2D eigenvalue weighted by molar-refractivity contribution is 6.10. The van der Waals surface area contributed by atoms with Crippen LogP contribution >= 0.6 is 0 Å². The topological polar surface area (TPSA) is 100 Å². The van der Waals surface area contributed by atoms with Crippen LogP contribution < -0.4 is 15.5 Å².